The Morgan fingerprint density at radius 2 is 2.14 bits per heavy atom. The number of rotatable bonds is 7. The lowest BCUT2D eigenvalue weighted by Crippen LogP contribution is -2.43. The monoisotopic (exact) mass is 297 g/mol. The topological polar surface area (TPSA) is 66.6 Å². The van der Waals surface area contributed by atoms with Crippen LogP contribution in [-0.4, -0.2) is 54.3 Å². The van der Waals surface area contributed by atoms with Gasteiger partial charge in [0.05, 0.1) is 5.92 Å². The highest BCUT2D eigenvalue weighted by Gasteiger charge is 2.38. The summed E-state index contributed by atoms with van der Waals surface area (Å²) < 4.78 is 0. The van der Waals surface area contributed by atoms with Crippen LogP contribution in [0.25, 0.3) is 0 Å². The molecule has 1 heterocycles. The molecule has 0 saturated carbocycles. The van der Waals surface area contributed by atoms with E-state index in [1.165, 1.54) is 0 Å². The molecule has 2 amide bonds. The Morgan fingerprint density at radius 1 is 1.52 bits per heavy atom. The van der Waals surface area contributed by atoms with Crippen molar-refractivity contribution >= 4 is 11.8 Å². The molecule has 1 fully saturated rings. The molecule has 2 atom stereocenters. The van der Waals surface area contributed by atoms with Crippen molar-refractivity contribution < 1.29 is 9.59 Å². The number of likely N-dealkylation sites (tertiary alicyclic amines) is 1. The molecule has 1 rings (SSSR count). The number of nitrogens with two attached hydrogens (primary N) is 1. The van der Waals surface area contributed by atoms with Gasteiger partial charge in [-0.1, -0.05) is 27.2 Å². The molecule has 0 radical (unpaired) electrons. The summed E-state index contributed by atoms with van der Waals surface area (Å²) in [6, 6.07) is 0.228. The lowest BCUT2D eigenvalue weighted by Gasteiger charge is -2.30. The second-order valence-corrected chi connectivity index (χ2v) is 7.15. The van der Waals surface area contributed by atoms with E-state index < -0.39 is 0 Å². The van der Waals surface area contributed by atoms with E-state index in [2.05, 4.69) is 13.8 Å². The molecule has 2 unspecified atom stereocenters. The van der Waals surface area contributed by atoms with Crippen LogP contribution in [0.5, 0.6) is 0 Å². The first-order valence-corrected chi connectivity index (χ1v) is 7.96. The van der Waals surface area contributed by atoms with Crippen LogP contribution >= 0.6 is 0 Å². The van der Waals surface area contributed by atoms with Crippen molar-refractivity contribution in [1.82, 2.24) is 9.80 Å². The van der Waals surface area contributed by atoms with Crippen LogP contribution in [0.15, 0.2) is 0 Å². The van der Waals surface area contributed by atoms with Gasteiger partial charge in [-0.25, -0.2) is 0 Å². The van der Waals surface area contributed by atoms with Gasteiger partial charge in [-0.3, -0.25) is 9.59 Å². The number of nitrogens with zero attached hydrogens (tertiary/aromatic N) is 2. The highest BCUT2D eigenvalue weighted by Crippen LogP contribution is 2.24. The Labute approximate surface area is 128 Å². The molecule has 0 aromatic carbocycles. The second kappa shape index (κ2) is 7.25. The zero-order chi connectivity index (χ0) is 16.2. The molecule has 0 spiro atoms. The normalized spacial score (nSPS) is 20.8. The van der Waals surface area contributed by atoms with Crippen molar-refractivity contribution in [3.63, 3.8) is 0 Å². The fourth-order valence-corrected chi connectivity index (χ4v) is 2.99. The molecule has 5 nitrogen and oxygen atoms in total. The Morgan fingerprint density at radius 3 is 2.67 bits per heavy atom. The minimum atomic E-state index is -0.199. The molecular weight excluding hydrogens is 266 g/mol. The third-order valence-electron chi connectivity index (χ3n) is 4.34. The maximum Gasteiger partial charge on any atom is 0.227 e. The quantitative estimate of drug-likeness (QED) is 0.774. The van der Waals surface area contributed by atoms with E-state index in [9.17, 15) is 9.59 Å². The van der Waals surface area contributed by atoms with Crippen molar-refractivity contribution in [1.29, 1.82) is 0 Å². The molecule has 0 aromatic rings. The number of hydrogen-bond donors (Lipinski definition) is 1. The van der Waals surface area contributed by atoms with Crippen molar-refractivity contribution in [3.05, 3.63) is 0 Å². The van der Waals surface area contributed by atoms with E-state index >= 15 is 0 Å². The van der Waals surface area contributed by atoms with Crippen LogP contribution in [0.2, 0.25) is 0 Å². The summed E-state index contributed by atoms with van der Waals surface area (Å²) in [6.07, 6.45) is 2.39. The fourth-order valence-electron chi connectivity index (χ4n) is 2.99. The molecule has 0 aromatic heterocycles. The third kappa shape index (κ3) is 4.70. The Kier molecular flexibility index (Phi) is 6.20. The zero-order valence-electron chi connectivity index (χ0n) is 14.2. The Hall–Kier alpha value is -1.10. The minimum absolute atomic E-state index is 0.0658. The van der Waals surface area contributed by atoms with Crippen molar-refractivity contribution in [2.24, 2.45) is 17.1 Å². The molecule has 0 bridgehead atoms. The summed E-state index contributed by atoms with van der Waals surface area (Å²) in [7, 11) is 1.81. The van der Waals surface area contributed by atoms with Crippen LogP contribution < -0.4 is 5.73 Å². The molecule has 1 aliphatic rings. The number of carbonyl (C=O) groups excluding carboxylic acids is 2. The zero-order valence-corrected chi connectivity index (χ0v) is 14.2. The average molecular weight is 297 g/mol. The summed E-state index contributed by atoms with van der Waals surface area (Å²) in [6.45, 7) is 9.99. The molecule has 0 aliphatic carbocycles. The van der Waals surface area contributed by atoms with Crippen LogP contribution in [0.4, 0.5) is 0 Å². The van der Waals surface area contributed by atoms with E-state index in [0.29, 0.717) is 26.1 Å². The summed E-state index contributed by atoms with van der Waals surface area (Å²) in [5.41, 5.74) is 5.63. The van der Waals surface area contributed by atoms with Gasteiger partial charge in [-0.05, 0) is 25.3 Å². The number of hydrogen-bond acceptors (Lipinski definition) is 3. The van der Waals surface area contributed by atoms with Gasteiger partial charge >= 0.3 is 0 Å². The first-order valence-electron chi connectivity index (χ1n) is 7.96. The van der Waals surface area contributed by atoms with E-state index in [4.69, 9.17) is 5.73 Å². The molecular formula is C16H31N3O2. The number of amides is 2. The van der Waals surface area contributed by atoms with E-state index in [1.54, 1.807) is 4.90 Å². The summed E-state index contributed by atoms with van der Waals surface area (Å²) in [5.74, 6) is -0.0211. The third-order valence-corrected chi connectivity index (χ3v) is 4.34. The first-order chi connectivity index (χ1) is 9.71. The van der Waals surface area contributed by atoms with Crippen molar-refractivity contribution in [3.8, 4) is 0 Å². The van der Waals surface area contributed by atoms with Crippen molar-refractivity contribution in [2.75, 3.05) is 26.7 Å². The molecule has 2 N–H and O–H groups in total. The first kappa shape index (κ1) is 18.0. The van der Waals surface area contributed by atoms with Gasteiger partial charge in [0.2, 0.25) is 11.8 Å². The highest BCUT2D eigenvalue weighted by atomic mass is 16.2. The van der Waals surface area contributed by atoms with Crippen LogP contribution in [-0.2, 0) is 9.59 Å². The largest absolute Gasteiger partial charge is 0.345 e. The lowest BCUT2D eigenvalue weighted by atomic mass is 9.92. The van der Waals surface area contributed by atoms with Gasteiger partial charge in [0.1, 0.15) is 0 Å². The molecule has 5 heteroatoms. The predicted molar refractivity (Wildman–Crippen MR) is 84.7 cm³/mol. The molecule has 1 aliphatic heterocycles. The van der Waals surface area contributed by atoms with Gasteiger partial charge in [-0.2, -0.15) is 0 Å². The van der Waals surface area contributed by atoms with Crippen LogP contribution in [0, 0.1) is 11.3 Å². The van der Waals surface area contributed by atoms with Crippen LogP contribution in [0.1, 0.15) is 47.0 Å². The van der Waals surface area contributed by atoms with Gasteiger partial charge in [0.25, 0.3) is 0 Å². The average Bonchev–Trinajstić information content (AvgIpc) is 2.79. The summed E-state index contributed by atoms with van der Waals surface area (Å²) in [5, 5.41) is 0. The molecule has 21 heavy (non-hydrogen) atoms. The minimum Gasteiger partial charge on any atom is -0.345 e. The van der Waals surface area contributed by atoms with E-state index in [-0.39, 0.29) is 29.2 Å². The smallest absolute Gasteiger partial charge is 0.227 e. The van der Waals surface area contributed by atoms with Gasteiger partial charge in [0, 0.05) is 32.6 Å². The second-order valence-electron chi connectivity index (χ2n) is 7.15. The standard InChI is InChI=1S/C16H31N3O2/c1-6-7-12(2)19-9-13(8-14(19)20)15(21)18(5)11-16(3,4)10-17/h12-13H,6-11,17H2,1-5H3. The SMILES string of the molecule is CCCC(C)N1CC(C(=O)N(C)CC(C)(C)CN)CC1=O. The van der Waals surface area contributed by atoms with Crippen LogP contribution in [0.3, 0.4) is 0 Å². The summed E-state index contributed by atoms with van der Waals surface area (Å²) in [4.78, 5) is 28.2. The van der Waals surface area contributed by atoms with E-state index in [0.717, 1.165) is 12.8 Å². The maximum atomic E-state index is 12.5. The van der Waals surface area contributed by atoms with Gasteiger partial charge in [-0.15, -0.1) is 0 Å². The highest BCUT2D eigenvalue weighted by molar-refractivity contribution is 5.89. The molecule has 1 saturated heterocycles. The Balaban J connectivity index is 2.62. The van der Waals surface area contributed by atoms with Crippen molar-refractivity contribution in [2.45, 2.75) is 53.0 Å². The fraction of sp³-hybridized carbons (Fsp3) is 0.875. The summed E-state index contributed by atoms with van der Waals surface area (Å²) >= 11 is 0. The lowest BCUT2D eigenvalue weighted by molar-refractivity contribution is -0.135. The Bertz CT molecular complexity index is 382. The number of carbonyl (C=O) groups is 2. The van der Waals surface area contributed by atoms with Gasteiger partial charge < -0.3 is 15.5 Å². The maximum absolute atomic E-state index is 12.5. The molecule has 122 valence electrons. The van der Waals surface area contributed by atoms with Gasteiger partial charge in [0.15, 0.2) is 0 Å². The van der Waals surface area contributed by atoms with E-state index in [1.807, 2.05) is 25.8 Å². The predicted octanol–water partition coefficient (Wildman–Crippen LogP) is 1.47.